The molecule has 2 aromatic carbocycles. The van der Waals surface area contributed by atoms with Crippen molar-refractivity contribution in [2.24, 2.45) is 4.99 Å². The van der Waals surface area contributed by atoms with Gasteiger partial charge in [-0.2, -0.15) is 0 Å². The van der Waals surface area contributed by atoms with E-state index in [0.717, 1.165) is 11.1 Å². The molecular weight excluding hydrogens is 548 g/mol. The van der Waals surface area contributed by atoms with Crippen LogP contribution in [-0.4, -0.2) is 30.2 Å². The van der Waals surface area contributed by atoms with E-state index in [9.17, 15) is 14.4 Å². The molecule has 2 heterocycles. The van der Waals surface area contributed by atoms with Crippen LogP contribution in [0.3, 0.4) is 0 Å². The molecule has 0 aliphatic carbocycles. The topological polar surface area (TPSA) is 96.2 Å². The van der Waals surface area contributed by atoms with Crippen LogP contribution in [0, 0.1) is 0 Å². The summed E-state index contributed by atoms with van der Waals surface area (Å²) in [6.07, 6.45) is 1.74. The molecule has 0 amide bonds. The van der Waals surface area contributed by atoms with Crippen LogP contribution < -0.4 is 24.4 Å². The minimum Gasteiger partial charge on any atom is -0.497 e. The Labute approximate surface area is 219 Å². The monoisotopic (exact) mass is 570 g/mol. The van der Waals surface area contributed by atoms with Gasteiger partial charge in [-0.15, -0.1) is 0 Å². The first-order valence-electron chi connectivity index (χ1n) is 11.0. The number of halogens is 1. The Morgan fingerprint density at radius 1 is 1.19 bits per heavy atom. The van der Waals surface area contributed by atoms with Crippen LogP contribution in [0.2, 0.25) is 0 Å². The summed E-state index contributed by atoms with van der Waals surface area (Å²) in [5.74, 6) is 0.101. The van der Waals surface area contributed by atoms with E-state index >= 15 is 0 Å². The lowest BCUT2D eigenvalue weighted by Crippen LogP contribution is -2.39. The quantitative estimate of drug-likeness (QED) is 0.332. The third kappa shape index (κ3) is 5.05. The lowest BCUT2D eigenvalue weighted by atomic mass is 9.96. The number of aromatic nitrogens is 1. The Morgan fingerprint density at radius 3 is 2.53 bits per heavy atom. The highest BCUT2D eigenvalue weighted by molar-refractivity contribution is 9.10. The van der Waals surface area contributed by atoms with Gasteiger partial charge in [-0.3, -0.25) is 14.2 Å². The molecule has 36 heavy (non-hydrogen) atoms. The number of ether oxygens (including phenoxy) is 3. The number of nitrogens with zero attached hydrogens (tertiary/aromatic N) is 2. The number of allylic oxidation sites excluding steroid dienone is 1. The second-order valence-electron chi connectivity index (χ2n) is 7.86. The first-order chi connectivity index (χ1) is 17.2. The van der Waals surface area contributed by atoms with Crippen LogP contribution >= 0.6 is 27.3 Å². The first kappa shape index (κ1) is 25.6. The molecule has 0 unspecified atom stereocenters. The molecule has 4 rings (SSSR count). The number of methoxy groups -OCH3 is 1. The number of thiazole rings is 1. The first-order valence-corrected chi connectivity index (χ1v) is 12.7. The van der Waals surface area contributed by atoms with Crippen molar-refractivity contribution in [3.63, 3.8) is 0 Å². The van der Waals surface area contributed by atoms with Gasteiger partial charge in [-0.25, -0.2) is 9.79 Å². The minimum absolute atomic E-state index is 0.202. The van der Waals surface area contributed by atoms with E-state index in [-0.39, 0.29) is 12.2 Å². The Hall–Kier alpha value is -3.50. The molecule has 0 saturated heterocycles. The number of fused-ring (bicyclic) bond motifs is 1. The number of rotatable bonds is 6. The van der Waals surface area contributed by atoms with E-state index in [0.29, 0.717) is 36.6 Å². The summed E-state index contributed by atoms with van der Waals surface area (Å²) in [4.78, 5) is 42.9. The summed E-state index contributed by atoms with van der Waals surface area (Å²) in [6, 6.07) is 11.7. The molecule has 0 radical (unpaired) electrons. The summed E-state index contributed by atoms with van der Waals surface area (Å²) in [5.41, 5.74) is 1.98. The predicted octanol–water partition coefficient (Wildman–Crippen LogP) is 3.49. The molecule has 3 aromatic rings. The van der Waals surface area contributed by atoms with Gasteiger partial charge in [0.25, 0.3) is 5.56 Å². The van der Waals surface area contributed by atoms with Crippen molar-refractivity contribution in [1.29, 1.82) is 0 Å². The maximum Gasteiger partial charge on any atom is 0.338 e. The number of carbonyl (C=O) groups is 2. The molecule has 0 spiro atoms. The van der Waals surface area contributed by atoms with Crippen molar-refractivity contribution in [3.8, 4) is 11.5 Å². The zero-order valence-electron chi connectivity index (χ0n) is 20.0. The Morgan fingerprint density at radius 2 is 1.92 bits per heavy atom. The van der Waals surface area contributed by atoms with E-state index in [1.54, 1.807) is 57.4 Å². The zero-order valence-corrected chi connectivity index (χ0v) is 22.4. The second kappa shape index (κ2) is 10.6. The number of hydrogen-bond acceptors (Lipinski definition) is 8. The predicted molar refractivity (Wildman–Crippen MR) is 139 cm³/mol. The summed E-state index contributed by atoms with van der Waals surface area (Å²) in [7, 11) is 1.57. The standard InChI is InChI=1S/C26H23BrN2O6S/c1-5-34-25(32)22-14(2)28-26-29(23(22)17-7-9-18(33-4)10-8-17)24(31)21(36-26)13-16-6-11-20(19(27)12-16)35-15(3)30/h6-13,23H,5H2,1-4H3/b21-13-/t23-/m0/s1. The van der Waals surface area contributed by atoms with E-state index in [4.69, 9.17) is 14.2 Å². The number of esters is 2. The van der Waals surface area contributed by atoms with Crippen molar-refractivity contribution in [2.75, 3.05) is 13.7 Å². The van der Waals surface area contributed by atoms with Gasteiger partial charge in [-0.05, 0) is 71.2 Å². The van der Waals surface area contributed by atoms with Gasteiger partial charge in [-0.1, -0.05) is 29.5 Å². The van der Waals surface area contributed by atoms with Crippen LogP contribution in [-0.2, 0) is 14.3 Å². The van der Waals surface area contributed by atoms with Crippen LogP contribution in [0.4, 0.5) is 0 Å². The maximum absolute atomic E-state index is 13.7. The normalized spacial score (nSPS) is 15.2. The molecule has 186 valence electrons. The molecule has 1 atom stereocenters. The van der Waals surface area contributed by atoms with Crippen LogP contribution in [0.5, 0.6) is 11.5 Å². The van der Waals surface area contributed by atoms with Gasteiger partial charge in [0.2, 0.25) is 0 Å². The number of hydrogen-bond donors (Lipinski definition) is 0. The summed E-state index contributed by atoms with van der Waals surface area (Å²) >= 11 is 4.63. The molecule has 0 saturated carbocycles. The van der Waals surface area contributed by atoms with Crippen LogP contribution in [0.15, 0.2) is 68.0 Å². The molecule has 10 heteroatoms. The number of benzene rings is 2. The molecule has 1 aromatic heterocycles. The summed E-state index contributed by atoms with van der Waals surface area (Å²) in [5, 5.41) is 0. The van der Waals surface area contributed by atoms with E-state index in [2.05, 4.69) is 20.9 Å². The van der Waals surface area contributed by atoms with Crippen molar-refractivity contribution < 1.29 is 23.8 Å². The van der Waals surface area contributed by atoms with Crippen LogP contribution in [0.25, 0.3) is 6.08 Å². The van der Waals surface area contributed by atoms with Crippen molar-refractivity contribution >= 4 is 45.3 Å². The molecular formula is C26H23BrN2O6S. The molecule has 0 N–H and O–H groups in total. The molecule has 0 bridgehead atoms. The fourth-order valence-electron chi connectivity index (χ4n) is 3.89. The Bertz CT molecular complexity index is 1550. The Kier molecular flexibility index (Phi) is 7.56. The van der Waals surface area contributed by atoms with Gasteiger partial charge in [0.05, 0.1) is 40.0 Å². The van der Waals surface area contributed by atoms with E-state index in [1.807, 2.05) is 12.1 Å². The largest absolute Gasteiger partial charge is 0.497 e. The molecule has 1 aliphatic heterocycles. The third-order valence-corrected chi connectivity index (χ3v) is 7.06. The van der Waals surface area contributed by atoms with Crippen molar-refractivity contribution in [2.45, 2.75) is 26.8 Å². The van der Waals surface area contributed by atoms with Crippen LogP contribution in [0.1, 0.15) is 37.9 Å². The van der Waals surface area contributed by atoms with Gasteiger partial charge in [0.15, 0.2) is 4.80 Å². The van der Waals surface area contributed by atoms with Crippen molar-refractivity contribution in [3.05, 3.63) is 89.0 Å². The minimum atomic E-state index is -0.702. The average molecular weight is 571 g/mol. The average Bonchev–Trinajstić information content (AvgIpc) is 3.14. The maximum atomic E-state index is 13.7. The smallest absolute Gasteiger partial charge is 0.338 e. The van der Waals surface area contributed by atoms with Gasteiger partial charge >= 0.3 is 11.9 Å². The van der Waals surface area contributed by atoms with E-state index in [1.165, 1.54) is 22.8 Å². The second-order valence-corrected chi connectivity index (χ2v) is 9.72. The zero-order chi connectivity index (χ0) is 26.0. The van der Waals surface area contributed by atoms with Gasteiger partial charge < -0.3 is 14.2 Å². The van der Waals surface area contributed by atoms with E-state index < -0.39 is 18.0 Å². The fraction of sp³-hybridized carbons (Fsp3) is 0.231. The Balaban J connectivity index is 1.87. The lowest BCUT2D eigenvalue weighted by Gasteiger charge is -2.24. The highest BCUT2D eigenvalue weighted by atomic mass is 79.9. The fourth-order valence-corrected chi connectivity index (χ4v) is 5.41. The highest BCUT2D eigenvalue weighted by Gasteiger charge is 2.33. The van der Waals surface area contributed by atoms with Gasteiger partial charge in [0.1, 0.15) is 11.5 Å². The SMILES string of the molecule is CCOC(=O)C1=C(C)N=c2s/c(=C\c3ccc(OC(C)=O)c(Br)c3)c(=O)n2[C@H]1c1ccc(OC)cc1. The third-order valence-electron chi connectivity index (χ3n) is 5.46. The summed E-state index contributed by atoms with van der Waals surface area (Å²) < 4.78 is 18.3. The molecule has 1 aliphatic rings. The van der Waals surface area contributed by atoms with Gasteiger partial charge in [0, 0.05) is 6.92 Å². The highest BCUT2D eigenvalue weighted by Crippen LogP contribution is 2.32. The lowest BCUT2D eigenvalue weighted by molar-refractivity contribution is -0.139. The summed E-state index contributed by atoms with van der Waals surface area (Å²) in [6.45, 7) is 5.00. The number of carbonyl (C=O) groups excluding carboxylic acids is 2. The molecule has 8 nitrogen and oxygen atoms in total. The molecule has 0 fully saturated rings. The van der Waals surface area contributed by atoms with Crippen molar-refractivity contribution in [1.82, 2.24) is 4.57 Å².